The van der Waals surface area contributed by atoms with Gasteiger partial charge in [0.25, 0.3) is 0 Å². The van der Waals surface area contributed by atoms with E-state index in [2.05, 4.69) is 6.07 Å². The van der Waals surface area contributed by atoms with Crippen molar-refractivity contribution in [3.8, 4) is 6.07 Å². The lowest BCUT2D eigenvalue weighted by Crippen LogP contribution is -2.25. The molecule has 1 aliphatic heterocycles. The first-order valence-corrected chi connectivity index (χ1v) is 3.20. The van der Waals surface area contributed by atoms with Gasteiger partial charge in [-0.1, -0.05) is 0 Å². The van der Waals surface area contributed by atoms with Crippen LogP contribution in [0.3, 0.4) is 0 Å². The van der Waals surface area contributed by atoms with Gasteiger partial charge in [0.1, 0.15) is 0 Å². The van der Waals surface area contributed by atoms with Crippen LogP contribution in [-0.4, -0.2) is 12.2 Å². The highest BCUT2D eigenvalue weighted by Gasteiger charge is 2.35. The molecule has 0 unspecified atom stereocenters. The molecule has 0 radical (unpaired) electrons. The summed E-state index contributed by atoms with van der Waals surface area (Å²) in [5, 5.41) is 8.57. The van der Waals surface area contributed by atoms with Gasteiger partial charge in [-0.2, -0.15) is 5.26 Å². The fourth-order valence-corrected chi connectivity index (χ4v) is 1.11. The lowest BCUT2D eigenvalue weighted by Gasteiger charge is -2.19. The van der Waals surface area contributed by atoms with Crippen LogP contribution in [0.4, 0.5) is 0 Å². The summed E-state index contributed by atoms with van der Waals surface area (Å²) in [6.07, 6.45) is 0.892. The molecule has 0 aliphatic carbocycles. The van der Waals surface area contributed by atoms with Crippen LogP contribution in [0.15, 0.2) is 0 Å². The van der Waals surface area contributed by atoms with Gasteiger partial charge >= 0.3 is 0 Å². The monoisotopic (exact) mass is 125 g/mol. The average Bonchev–Trinajstić information content (AvgIpc) is 2.08. The standard InChI is InChI=1S/C7H11NO/c1-7(2)6(5-8)3-4-9-7/h6H,3-4H2,1-2H3/t6-/m1/s1. The summed E-state index contributed by atoms with van der Waals surface area (Å²) in [7, 11) is 0. The van der Waals surface area contributed by atoms with E-state index in [0.717, 1.165) is 13.0 Å². The number of nitrogens with zero attached hydrogens (tertiary/aromatic N) is 1. The molecule has 0 aromatic carbocycles. The van der Waals surface area contributed by atoms with E-state index in [-0.39, 0.29) is 11.5 Å². The Morgan fingerprint density at radius 3 is 2.56 bits per heavy atom. The zero-order chi connectivity index (χ0) is 6.91. The summed E-state index contributed by atoms with van der Waals surface area (Å²) in [5.41, 5.74) is -0.200. The Morgan fingerprint density at radius 1 is 1.67 bits per heavy atom. The molecule has 1 saturated heterocycles. The van der Waals surface area contributed by atoms with E-state index in [1.54, 1.807) is 0 Å². The third-order valence-electron chi connectivity index (χ3n) is 1.88. The molecule has 2 heteroatoms. The topological polar surface area (TPSA) is 33.0 Å². The molecule has 0 aromatic rings. The molecule has 0 bridgehead atoms. The molecule has 9 heavy (non-hydrogen) atoms. The number of ether oxygens (including phenoxy) is 1. The molecular formula is C7H11NO. The SMILES string of the molecule is CC1(C)OCC[C@@H]1C#N. The summed E-state index contributed by atoms with van der Waals surface area (Å²) in [5.74, 6) is 0.0949. The minimum absolute atomic E-state index is 0.0949. The fraction of sp³-hybridized carbons (Fsp3) is 0.857. The Hall–Kier alpha value is -0.550. The Bertz CT molecular complexity index is 145. The fourth-order valence-electron chi connectivity index (χ4n) is 1.11. The Kier molecular flexibility index (Phi) is 1.46. The average molecular weight is 125 g/mol. The summed E-state index contributed by atoms with van der Waals surface area (Å²) in [6.45, 7) is 4.67. The van der Waals surface area contributed by atoms with Gasteiger partial charge in [-0.25, -0.2) is 0 Å². The normalized spacial score (nSPS) is 31.9. The summed E-state index contributed by atoms with van der Waals surface area (Å²) in [6, 6.07) is 2.23. The van der Waals surface area contributed by atoms with Gasteiger partial charge in [0.2, 0.25) is 0 Å². The molecule has 1 atom stereocenters. The summed E-state index contributed by atoms with van der Waals surface area (Å²) < 4.78 is 5.32. The maximum absolute atomic E-state index is 8.57. The van der Waals surface area contributed by atoms with Gasteiger partial charge in [0, 0.05) is 6.61 Å². The van der Waals surface area contributed by atoms with Crippen molar-refractivity contribution in [3.05, 3.63) is 0 Å². The molecule has 0 aromatic heterocycles. The highest BCUT2D eigenvalue weighted by molar-refractivity contribution is 4.98. The number of nitriles is 1. The maximum Gasteiger partial charge on any atom is 0.0784 e. The number of hydrogen-bond donors (Lipinski definition) is 0. The summed E-state index contributed by atoms with van der Waals surface area (Å²) in [4.78, 5) is 0. The predicted molar refractivity (Wildman–Crippen MR) is 33.8 cm³/mol. The highest BCUT2D eigenvalue weighted by atomic mass is 16.5. The lowest BCUT2D eigenvalue weighted by molar-refractivity contribution is 0.0226. The second-order valence-electron chi connectivity index (χ2n) is 2.92. The van der Waals surface area contributed by atoms with Crippen molar-refractivity contribution < 1.29 is 4.74 Å². The van der Waals surface area contributed by atoms with Gasteiger partial charge in [-0.05, 0) is 20.3 Å². The second-order valence-corrected chi connectivity index (χ2v) is 2.92. The third kappa shape index (κ3) is 1.06. The minimum Gasteiger partial charge on any atom is -0.374 e. The molecule has 1 aliphatic rings. The Balaban J connectivity index is 2.65. The van der Waals surface area contributed by atoms with Gasteiger partial charge in [-0.3, -0.25) is 0 Å². The molecule has 50 valence electrons. The Labute approximate surface area is 55.4 Å². The van der Waals surface area contributed by atoms with E-state index in [1.807, 2.05) is 13.8 Å². The van der Waals surface area contributed by atoms with E-state index in [4.69, 9.17) is 10.00 Å². The zero-order valence-corrected chi connectivity index (χ0v) is 5.85. The van der Waals surface area contributed by atoms with Crippen LogP contribution in [0.5, 0.6) is 0 Å². The second kappa shape index (κ2) is 2.00. The van der Waals surface area contributed by atoms with E-state index in [9.17, 15) is 0 Å². The molecule has 0 spiro atoms. The molecule has 1 rings (SSSR count). The number of rotatable bonds is 0. The van der Waals surface area contributed by atoms with Crippen molar-refractivity contribution in [2.75, 3.05) is 6.61 Å². The van der Waals surface area contributed by atoms with Crippen LogP contribution in [0.1, 0.15) is 20.3 Å². The lowest BCUT2D eigenvalue weighted by atomic mass is 9.93. The van der Waals surface area contributed by atoms with Crippen LogP contribution < -0.4 is 0 Å². The van der Waals surface area contributed by atoms with E-state index >= 15 is 0 Å². The van der Waals surface area contributed by atoms with Crippen molar-refractivity contribution in [3.63, 3.8) is 0 Å². The molecule has 0 amide bonds. The number of hydrogen-bond acceptors (Lipinski definition) is 2. The molecule has 1 heterocycles. The molecule has 1 fully saturated rings. The summed E-state index contributed by atoms with van der Waals surface area (Å²) >= 11 is 0. The van der Waals surface area contributed by atoms with Crippen molar-refractivity contribution >= 4 is 0 Å². The first kappa shape index (κ1) is 6.57. The van der Waals surface area contributed by atoms with Crippen molar-refractivity contribution in [1.82, 2.24) is 0 Å². The first-order chi connectivity index (χ1) is 4.17. The largest absolute Gasteiger partial charge is 0.374 e. The van der Waals surface area contributed by atoms with Crippen LogP contribution in [0, 0.1) is 17.2 Å². The van der Waals surface area contributed by atoms with E-state index < -0.39 is 0 Å². The third-order valence-corrected chi connectivity index (χ3v) is 1.88. The zero-order valence-electron chi connectivity index (χ0n) is 5.85. The van der Waals surface area contributed by atoms with Crippen molar-refractivity contribution in [1.29, 1.82) is 5.26 Å². The maximum atomic E-state index is 8.57. The predicted octanol–water partition coefficient (Wildman–Crippen LogP) is 1.33. The smallest absolute Gasteiger partial charge is 0.0784 e. The van der Waals surface area contributed by atoms with Crippen LogP contribution in [0.25, 0.3) is 0 Å². The molecular weight excluding hydrogens is 114 g/mol. The molecule has 0 saturated carbocycles. The van der Waals surface area contributed by atoms with Crippen LogP contribution in [0.2, 0.25) is 0 Å². The Morgan fingerprint density at radius 2 is 2.33 bits per heavy atom. The van der Waals surface area contributed by atoms with Crippen LogP contribution >= 0.6 is 0 Å². The van der Waals surface area contributed by atoms with Gasteiger partial charge in [0.05, 0.1) is 17.6 Å². The minimum atomic E-state index is -0.200. The van der Waals surface area contributed by atoms with Gasteiger partial charge < -0.3 is 4.74 Å². The highest BCUT2D eigenvalue weighted by Crippen LogP contribution is 2.30. The van der Waals surface area contributed by atoms with Crippen molar-refractivity contribution in [2.24, 2.45) is 5.92 Å². The van der Waals surface area contributed by atoms with Gasteiger partial charge in [-0.15, -0.1) is 0 Å². The van der Waals surface area contributed by atoms with Crippen molar-refractivity contribution in [2.45, 2.75) is 25.9 Å². The van der Waals surface area contributed by atoms with E-state index in [1.165, 1.54) is 0 Å². The molecule has 0 N–H and O–H groups in total. The molecule has 2 nitrogen and oxygen atoms in total. The van der Waals surface area contributed by atoms with Crippen LogP contribution in [-0.2, 0) is 4.74 Å². The van der Waals surface area contributed by atoms with E-state index in [0.29, 0.717) is 0 Å². The van der Waals surface area contributed by atoms with Gasteiger partial charge in [0.15, 0.2) is 0 Å². The quantitative estimate of drug-likeness (QED) is 0.489. The first-order valence-electron chi connectivity index (χ1n) is 3.20.